The highest BCUT2D eigenvalue weighted by molar-refractivity contribution is 7.91. The molecule has 1 heterocycles. The molecule has 1 aromatic rings. The molecular formula is C13H14N2O3S. The van der Waals surface area contributed by atoms with E-state index in [1.54, 1.807) is 18.2 Å². The van der Waals surface area contributed by atoms with Crippen LogP contribution in [0.2, 0.25) is 0 Å². The molecule has 0 amide bonds. The molecule has 1 saturated heterocycles. The Bertz CT molecular complexity index is 645. The van der Waals surface area contributed by atoms with Gasteiger partial charge in [0.2, 0.25) is 0 Å². The van der Waals surface area contributed by atoms with Crippen LogP contribution in [0.15, 0.2) is 18.2 Å². The van der Waals surface area contributed by atoms with Crippen molar-refractivity contribution in [1.29, 1.82) is 5.26 Å². The van der Waals surface area contributed by atoms with E-state index in [-0.39, 0.29) is 17.3 Å². The first-order valence-corrected chi connectivity index (χ1v) is 7.75. The molecule has 0 bridgehead atoms. The fraction of sp³-hybridized carbons (Fsp3) is 0.385. The van der Waals surface area contributed by atoms with E-state index in [0.717, 1.165) is 0 Å². The van der Waals surface area contributed by atoms with Gasteiger partial charge >= 0.3 is 0 Å². The van der Waals surface area contributed by atoms with Gasteiger partial charge in [0.25, 0.3) is 0 Å². The summed E-state index contributed by atoms with van der Waals surface area (Å²) in [6.45, 7) is 2.18. The average Bonchev–Trinajstić information content (AvgIpc) is 2.38. The fourth-order valence-corrected chi connectivity index (χ4v) is 3.26. The first-order valence-electron chi connectivity index (χ1n) is 5.93. The summed E-state index contributed by atoms with van der Waals surface area (Å²) in [6.07, 6.45) is 0. The van der Waals surface area contributed by atoms with E-state index in [0.29, 0.717) is 29.9 Å². The first-order chi connectivity index (χ1) is 8.93. The van der Waals surface area contributed by atoms with E-state index < -0.39 is 9.84 Å². The van der Waals surface area contributed by atoms with Crippen LogP contribution in [0.5, 0.6) is 0 Å². The predicted molar refractivity (Wildman–Crippen MR) is 72.0 cm³/mol. The van der Waals surface area contributed by atoms with Crippen molar-refractivity contribution in [2.24, 2.45) is 0 Å². The van der Waals surface area contributed by atoms with Crippen LogP contribution in [0, 0.1) is 11.3 Å². The number of anilines is 1. The fourth-order valence-electron chi connectivity index (χ4n) is 2.06. The molecule has 0 aromatic heterocycles. The van der Waals surface area contributed by atoms with Gasteiger partial charge in [0.15, 0.2) is 15.6 Å². The quantitative estimate of drug-likeness (QED) is 0.754. The zero-order valence-electron chi connectivity index (χ0n) is 10.6. The summed E-state index contributed by atoms with van der Waals surface area (Å²) in [7, 11) is -2.96. The Kier molecular flexibility index (Phi) is 3.58. The lowest BCUT2D eigenvalue weighted by molar-refractivity contribution is 0.101. The monoisotopic (exact) mass is 278 g/mol. The molecule has 1 aromatic carbocycles. The Hall–Kier alpha value is -1.87. The molecule has 0 aliphatic carbocycles. The number of Topliss-reactive ketones (excluding diaryl/α,β-unsaturated/α-hetero) is 1. The minimum Gasteiger partial charge on any atom is -0.368 e. The maximum absolute atomic E-state index is 11.4. The Labute approximate surface area is 112 Å². The zero-order valence-corrected chi connectivity index (χ0v) is 11.4. The smallest absolute Gasteiger partial charge is 0.159 e. The second-order valence-corrected chi connectivity index (χ2v) is 6.84. The van der Waals surface area contributed by atoms with Crippen LogP contribution < -0.4 is 4.90 Å². The summed E-state index contributed by atoms with van der Waals surface area (Å²) >= 11 is 0. The standard InChI is InChI=1S/C13H14N2O3S/c1-10(16)11-2-3-12(9-14)13(8-11)15-4-6-19(17,18)7-5-15/h2-3,8H,4-7H2,1H3. The molecule has 100 valence electrons. The number of hydrogen-bond donors (Lipinski definition) is 0. The van der Waals surface area contributed by atoms with Crippen molar-refractivity contribution in [1.82, 2.24) is 0 Å². The van der Waals surface area contributed by atoms with Crippen LogP contribution in [0.3, 0.4) is 0 Å². The lowest BCUT2D eigenvalue weighted by Crippen LogP contribution is -2.40. The second kappa shape index (κ2) is 5.02. The maximum atomic E-state index is 11.4. The van der Waals surface area contributed by atoms with Crippen LogP contribution in [0.4, 0.5) is 5.69 Å². The predicted octanol–water partition coefficient (Wildman–Crippen LogP) is 0.996. The van der Waals surface area contributed by atoms with E-state index in [4.69, 9.17) is 5.26 Å². The van der Waals surface area contributed by atoms with Crippen molar-refractivity contribution in [2.45, 2.75) is 6.92 Å². The average molecular weight is 278 g/mol. The molecule has 0 radical (unpaired) electrons. The molecule has 19 heavy (non-hydrogen) atoms. The number of sulfone groups is 1. The number of rotatable bonds is 2. The first kappa shape index (κ1) is 13.6. The number of carbonyl (C=O) groups is 1. The van der Waals surface area contributed by atoms with E-state index in [9.17, 15) is 13.2 Å². The van der Waals surface area contributed by atoms with E-state index >= 15 is 0 Å². The number of ketones is 1. The van der Waals surface area contributed by atoms with E-state index in [2.05, 4.69) is 6.07 Å². The zero-order chi connectivity index (χ0) is 14.0. The highest BCUT2D eigenvalue weighted by Gasteiger charge is 2.23. The van der Waals surface area contributed by atoms with Crippen molar-refractivity contribution in [3.05, 3.63) is 29.3 Å². The summed E-state index contributed by atoms with van der Waals surface area (Å²) < 4.78 is 22.8. The molecule has 0 spiro atoms. The minimum atomic E-state index is -2.96. The molecule has 6 heteroatoms. The lowest BCUT2D eigenvalue weighted by atomic mass is 10.1. The highest BCUT2D eigenvalue weighted by Crippen LogP contribution is 2.24. The third-order valence-electron chi connectivity index (χ3n) is 3.21. The molecule has 1 aliphatic heterocycles. The lowest BCUT2D eigenvalue weighted by Gasteiger charge is -2.29. The molecular weight excluding hydrogens is 264 g/mol. The summed E-state index contributed by atoms with van der Waals surface area (Å²) in [4.78, 5) is 13.2. The molecule has 5 nitrogen and oxygen atoms in total. The van der Waals surface area contributed by atoms with Crippen LogP contribution in [-0.4, -0.2) is 38.8 Å². The Balaban J connectivity index is 2.36. The van der Waals surface area contributed by atoms with Crippen molar-refractivity contribution < 1.29 is 13.2 Å². The summed E-state index contributed by atoms with van der Waals surface area (Å²) in [6, 6.07) is 6.97. The Morgan fingerprint density at radius 2 is 1.95 bits per heavy atom. The molecule has 0 atom stereocenters. The van der Waals surface area contributed by atoms with Gasteiger partial charge in [-0.2, -0.15) is 5.26 Å². The van der Waals surface area contributed by atoms with Gasteiger partial charge < -0.3 is 4.90 Å². The van der Waals surface area contributed by atoms with Crippen LogP contribution >= 0.6 is 0 Å². The molecule has 2 rings (SSSR count). The molecule has 1 fully saturated rings. The SMILES string of the molecule is CC(=O)c1ccc(C#N)c(N2CCS(=O)(=O)CC2)c1. The third kappa shape index (κ3) is 2.93. The van der Waals surface area contributed by atoms with Gasteiger partial charge in [-0.3, -0.25) is 4.79 Å². The van der Waals surface area contributed by atoms with Gasteiger partial charge in [-0.1, -0.05) is 0 Å². The topological polar surface area (TPSA) is 78.2 Å². The van der Waals surface area contributed by atoms with Gasteiger partial charge in [0.1, 0.15) is 6.07 Å². The highest BCUT2D eigenvalue weighted by atomic mass is 32.2. The van der Waals surface area contributed by atoms with Crippen molar-refractivity contribution in [2.75, 3.05) is 29.5 Å². The third-order valence-corrected chi connectivity index (χ3v) is 4.82. The summed E-state index contributed by atoms with van der Waals surface area (Å²) in [5, 5.41) is 9.10. The minimum absolute atomic E-state index is 0.0737. The number of hydrogen-bond acceptors (Lipinski definition) is 5. The summed E-state index contributed by atoms with van der Waals surface area (Å²) in [5.74, 6) is 0.0972. The van der Waals surface area contributed by atoms with Crippen molar-refractivity contribution in [3.8, 4) is 6.07 Å². The largest absolute Gasteiger partial charge is 0.368 e. The van der Waals surface area contributed by atoms with E-state index in [1.165, 1.54) is 6.92 Å². The summed E-state index contributed by atoms with van der Waals surface area (Å²) in [5.41, 5.74) is 1.64. The second-order valence-electron chi connectivity index (χ2n) is 4.54. The van der Waals surface area contributed by atoms with Gasteiger partial charge in [0.05, 0.1) is 22.8 Å². The molecule has 0 saturated carbocycles. The Morgan fingerprint density at radius 3 is 2.47 bits per heavy atom. The number of nitrogens with zero attached hydrogens (tertiary/aromatic N) is 2. The molecule has 0 N–H and O–H groups in total. The van der Waals surface area contributed by atoms with Crippen molar-refractivity contribution in [3.63, 3.8) is 0 Å². The van der Waals surface area contributed by atoms with E-state index in [1.807, 2.05) is 4.90 Å². The Morgan fingerprint density at radius 1 is 1.32 bits per heavy atom. The number of carbonyl (C=O) groups excluding carboxylic acids is 1. The maximum Gasteiger partial charge on any atom is 0.159 e. The van der Waals surface area contributed by atoms with Gasteiger partial charge in [-0.15, -0.1) is 0 Å². The number of nitriles is 1. The number of benzene rings is 1. The molecule has 1 aliphatic rings. The van der Waals surface area contributed by atoms with Crippen molar-refractivity contribution >= 4 is 21.3 Å². The van der Waals surface area contributed by atoms with Crippen LogP contribution in [-0.2, 0) is 9.84 Å². The molecule has 0 unspecified atom stereocenters. The van der Waals surface area contributed by atoms with Crippen LogP contribution in [0.25, 0.3) is 0 Å². The van der Waals surface area contributed by atoms with Gasteiger partial charge in [0, 0.05) is 18.7 Å². The van der Waals surface area contributed by atoms with Gasteiger partial charge in [-0.25, -0.2) is 8.42 Å². The van der Waals surface area contributed by atoms with Gasteiger partial charge in [-0.05, 0) is 25.1 Å². The van der Waals surface area contributed by atoms with Crippen LogP contribution in [0.1, 0.15) is 22.8 Å². The normalized spacial score (nSPS) is 17.8.